The Balaban J connectivity index is 1.91. The van der Waals surface area contributed by atoms with Crippen molar-refractivity contribution < 1.29 is 0 Å². The predicted molar refractivity (Wildman–Crippen MR) is 80.6 cm³/mol. The predicted octanol–water partition coefficient (Wildman–Crippen LogP) is 2.95. The van der Waals surface area contributed by atoms with Crippen molar-refractivity contribution in [3.8, 4) is 0 Å². The lowest BCUT2D eigenvalue weighted by Crippen LogP contribution is -2.27. The third-order valence-corrected chi connectivity index (χ3v) is 3.26. The fraction of sp³-hybridized carbons (Fsp3) is 0.333. The fourth-order valence-corrected chi connectivity index (χ4v) is 2.41. The quantitative estimate of drug-likeness (QED) is 0.748. The lowest BCUT2D eigenvalue weighted by atomic mass is 10.2. The number of hydrogen-bond acceptors (Lipinski definition) is 3. The molecule has 3 rings (SSSR count). The van der Waals surface area contributed by atoms with E-state index in [1.807, 2.05) is 6.07 Å². The van der Waals surface area contributed by atoms with Crippen molar-refractivity contribution in [3.63, 3.8) is 0 Å². The molecule has 0 aliphatic rings. The minimum atomic E-state index is 0.577. The molecule has 104 valence electrons. The van der Waals surface area contributed by atoms with Crippen molar-refractivity contribution >= 4 is 16.7 Å². The monoisotopic (exact) mass is 269 g/mol. The van der Waals surface area contributed by atoms with Crippen LogP contribution in [0.4, 0.5) is 5.82 Å². The molecule has 0 saturated carbocycles. The van der Waals surface area contributed by atoms with Gasteiger partial charge in [-0.25, -0.2) is 0 Å². The summed E-state index contributed by atoms with van der Waals surface area (Å²) >= 11 is 0. The number of H-pyrrole nitrogens is 2. The SMILES string of the molecule is CC(C)CN(Cc1cn[nH]n1)c1cc2ccccc2[nH]1. The number of benzene rings is 1. The minimum absolute atomic E-state index is 0.577. The van der Waals surface area contributed by atoms with Gasteiger partial charge in [0.1, 0.15) is 11.5 Å². The van der Waals surface area contributed by atoms with Crippen molar-refractivity contribution in [1.29, 1.82) is 0 Å². The highest BCUT2D eigenvalue weighted by atomic mass is 15.3. The van der Waals surface area contributed by atoms with Gasteiger partial charge in [0.25, 0.3) is 0 Å². The number of nitrogens with zero attached hydrogens (tertiary/aromatic N) is 3. The lowest BCUT2D eigenvalue weighted by molar-refractivity contribution is 0.602. The van der Waals surface area contributed by atoms with E-state index >= 15 is 0 Å². The van der Waals surface area contributed by atoms with Gasteiger partial charge in [0.05, 0.1) is 12.7 Å². The van der Waals surface area contributed by atoms with Gasteiger partial charge < -0.3 is 9.88 Å². The summed E-state index contributed by atoms with van der Waals surface area (Å²) in [6, 6.07) is 10.5. The molecule has 3 aromatic rings. The van der Waals surface area contributed by atoms with Crippen LogP contribution in [0.15, 0.2) is 36.5 Å². The summed E-state index contributed by atoms with van der Waals surface area (Å²) in [7, 11) is 0. The molecule has 0 aliphatic heterocycles. The highest BCUT2D eigenvalue weighted by Crippen LogP contribution is 2.23. The molecule has 0 saturated heterocycles. The van der Waals surface area contributed by atoms with Crippen molar-refractivity contribution in [2.45, 2.75) is 20.4 Å². The van der Waals surface area contributed by atoms with Gasteiger partial charge in [0.15, 0.2) is 0 Å². The summed E-state index contributed by atoms with van der Waals surface area (Å²) in [5, 5.41) is 11.9. The highest BCUT2D eigenvalue weighted by Gasteiger charge is 2.13. The molecular weight excluding hydrogens is 250 g/mol. The van der Waals surface area contributed by atoms with Crippen LogP contribution in [0.2, 0.25) is 0 Å². The van der Waals surface area contributed by atoms with Crippen molar-refractivity contribution in [2.24, 2.45) is 5.92 Å². The number of anilines is 1. The van der Waals surface area contributed by atoms with Crippen LogP contribution in [0, 0.1) is 5.92 Å². The maximum atomic E-state index is 4.15. The standard InChI is InChI=1S/C15H19N5/c1-11(2)9-20(10-13-8-16-19-18-13)15-7-12-5-3-4-6-14(12)17-15/h3-8,11,17H,9-10H2,1-2H3,(H,16,18,19). The fourth-order valence-electron chi connectivity index (χ4n) is 2.41. The zero-order chi connectivity index (χ0) is 13.9. The molecule has 2 aromatic heterocycles. The zero-order valence-corrected chi connectivity index (χ0v) is 11.8. The Hall–Kier alpha value is -2.30. The van der Waals surface area contributed by atoms with Crippen LogP contribution in [-0.4, -0.2) is 26.9 Å². The van der Waals surface area contributed by atoms with E-state index in [0.717, 1.165) is 30.1 Å². The van der Waals surface area contributed by atoms with Gasteiger partial charge in [-0.1, -0.05) is 32.0 Å². The number of aromatic amines is 2. The molecular formula is C15H19N5. The third-order valence-electron chi connectivity index (χ3n) is 3.26. The van der Waals surface area contributed by atoms with E-state index < -0.39 is 0 Å². The Bertz CT molecular complexity index is 635. The van der Waals surface area contributed by atoms with Crippen LogP contribution in [0.25, 0.3) is 10.9 Å². The summed E-state index contributed by atoms with van der Waals surface area (Å²) in [6.45, 7) is 6.16. The first-order valence-electron chi connectivity index (χ1n) is 6.89. The van der Waals surface area contributed by atoms with E-state index in [-0.39, 0.29) is 0 Å². The maximum absolute atomic E-state index is 4.15. The summed E-state index contributed by atoms with van der Waals surface area (Å²) in [6.07, 6.45) is 1.77. The number of aromatic nitrogens is 4. The van der Waals surface area contributed by atoms with Gasteiger partial charge in [-0.15, -0.1) is 0 Å². The van der Waals surface area contributed by atoms with Crippen LogP contribution in [0.1, 0.15) is 19.5 Å². The van der Waals surface area contributed by atoms with E-state index in [1.54, 1.807) is 6.20 Å². The van der Waals surface area contributed by atoms with Gasteiger partial charge in [0, 0.05) is 17.4 Å². The summed E-state index contributed by atoms with van der Waals surface area (Å²) in [5.41, 5.74) is 2.11. The third kappa shape index (κ3) is 2.66. The van der Waals surface area contributed by atoms with Gasteiger partial charge in [0.2, 0.25) is 0 Å². The van der Waals surface area contributed by atoms with Crippen molar-refractivity contribution in [1.82, 2.24) is 20.4 Å². The largest absolute Gasteiger partial charge is 0.352 e. The first-order valence-corrected chi connectivity index (χ1v) is 6.89. The van der Waals surface area contributed by atoms with Crippen molar-refractivity contribution in [2.75, 3.05) is 11.4 Å². The number of rotatable bonds is 5. The zero-order valence-electron chi connectivity index (χ0n) is 11.8. The molecule has 2 N–H and O–H groups in total. The molecule has 0 fully saturated rings. The number of fused-ring (bicyclic) bond motifs is 1. The molecule has 1 aromatic carbocycles. The Labute approximate surface area is 118 Å². The lowest BCUT2D eigenvalue weighted by Gasteiger charge is -2.24. The van der Waals surface area contributed by atoms with Crippen LogP contribution in [-0.2, 0) is 6.54 Å². The topological polar surface area (TPSA) is 60.6 Å². The normalized spacial score (nSPS) is 11.3. The average molecular weight is 269 g/mol. The molecule has 0 radical (unpaired) electrons. The van der Waals surface area contributed by atoms with Gasteiger partial charge in [-0.3, -0.25) is 0 Å². The Morgan fingerprint density at radius 3 is 2.80 bits per heavy atom. The number of nitrogens with one attached hydrogen (secondary N) is 2. The van der Waals surface area contributed by atoms with Gasteiger partial charge >= 0.3 is 0 Å². The molecule has 0 aliphatic carbocycles. The second kappa shape index (κ2) is 5.36. The molecule has 0 atom stereocenters. The van der Waals surface area contributed by atoms with Crippen LogP contribution < -0.4 is 4.90 Å². The molecule has 5 heteroatoms. The molecule has 20 heavy (non-hydrogen) atoms. The highest BCUT2D eigenvalue weighted by molar-refractivity contribution is 5.83. The maximum Gasteiger partial charge on any atom is 0.107 e. The van der Waals surface area contributed by atoms with E-state index in [2.05, 4.69) is 63.4 Å². The average Bonchev–Trinajstić information content (AvgIpc) is 3.05. The molecule has 5 nitrogen and oxygen atoms in total. The van der Waals surface area contributed by atoms with Crippen molar-refractivity contribution in [3.05, 3.63) is 42.2 Å². The second-order valence-corrected chi connectivity index (χ2v) is 5.48. The Morgan fingerprint density at radius 1 is 1.25 bits per heavy atom. The van der Waals surface area contributed by atoms with E-state index in [9.17, 15) is 0 Å². The minimum Gasteiger partial charge on any atom is -0.352 e. The molecule has 2 heterocycles. The number of hydrogen-bond donors (Lipinski definition) is 2. The molecule has 0 amide bonds. The first-order chi connectivity index (χ1) is 9.72. The molecule has 0 unspecified atom stereocenters. The smallest absolute Gasteiger partial charge is 0.107 e. The van der Waals surface area contributed by atoms with Crippen LogP contribution >= 0.6 is 0 Å². The Morgan fingerprint density at radius 2 is 2.10 bits per heavy atom. The van der Waals surface area contributed by atoms with E-state index in [0.29, 0.717) is 5.92 Å². The first kappa shape index (κ1) is 12.7. The summed E-state index contributed by atoms with van der Waals surface area (Å²) in [4.78, 5) is 5.79. The summed E-state index contributed by atoms with van der Waals surface area (Å²) < 4.78 is 0. The second-order valence-electron chi connectivity index (χ2n) is 5.48. The number of para-hydroxylation sites is 1. The van der Waals surface area contributed by atoms with Crippen LogP contribution in [0.5, 0.6) is 0 Å². The van der Waals surface area contributed by atoms with E-state index in [4.69, 9.17) is 0 Å². The van der Waals surface area contributed by atoms with E-state index in [1.165, 1.54) is 5.39 Å². The van der Waals surface area contributed by atoms with Gasteiger partial charge in [-0.05, 0) is 18.1 Å². The Kier molecular flexibility index (Phi) is 3.41. The molecule has 0 spiro atoms. The van der Waals surface area contributed by atoms with Crippen LogP contribution in [0.3, 0.4) is 0 Å². The molecule has 0 bridgehead atoms. The van der Waals surface area contributed by atoms with Gasteiger partial charge in [-0.2, -0.15) is 15.4 Å². The summed E-state index contributed by atoms with van der Waals surface area (Å²) in [5.74, 6) is 1.70.